The molecule has 0 aliphatic heterocycles. The summed E-state index contributed by atoms with van der Waals surface area (Å²) < 4.78 is 23.7. The van der Waals surface area contributed by atoms with Crippen LogP contribution in [0.3, 0.4) is 0 Å². The molecule has 0 aliphatic rings. The van der Waals surface area contributed by atoms with Crippen molar-refractivity contribution in [1.82, 2.24) is 10.1 Å². The van der Waals surface area contributed by atoms with E-state index in [1.165, 1.54) is 37.1 Å². The van der Waals surface area contributed by atoms with Gasteiger partial charge in [-0.25, -0.2) is 4.39 Å². The number of hydrogen-bond donors (Lipinski definition) is 1. The third-order valence-electron chi connectivity index (χ3n) is 3.30. The van der Waals surface area contributed by atoms with E-state index in [0.29, 0.717) is 0 Å². The Bertz CT molecular complexity index is 731. The molecule has 1 aromatic carbocycles. The lowest BCUT2D eigenvalue weighted by Crippen LogP contribution is -2.33. The van der Waals surface area contributed by atoms with Gasteiger partial charge >= 0.3 is 5.97 Å². The molecule has 0 aliphatic carbocycles. The second-order valence-electron chi connectivity index (χ2n) is 5.32. The highest BCUT2D eigenvalue weighted by molar-refractivity contribution is 5.92. The molecule has 128 valence electrons. The first-order chi connectivity index (χ1) is 11.4. The summed E-state index contributed by atoms with van der Waals surface area (Å²) >= 11 is 0. The van der Waals surface area contributed by atoms with E-state index in [4.69, 9.17) is 14.4 Å². The van der Waals surface area contributed by atoms with Crippen LogP contribution < -0.4 is 4.74 Å². The number of aromatic nitrogens is 1. The summed E-state index contributed by atoms with van der Waals surface area (Å²) in [5, 5.41) is 12.5. The Hall–Kier alpha value is -2.90. The fourth-order valence-corrected chi connectivity index (χ4v) is 1.96. The van der Waals surface area contributed by atoms with Gasteiger partial charge < -0.3 is 19.3 Å². The number of para-hydroxylation sites is 1. The first-order valence-electron chi connectivity index (χ1n) is 7.19. The fourth-order valence-electron chi connectivity index (χ4n) is 1.96. The summed E-state index contributed by atoms with van der Waals surface area (Å²) in [7, 11) is 1.48. The van der Waals surface area contributed by atoms with Gasteiger partial charge in [-0.2, -0.15) is 0 Å². The van der Waals surface area contributed by atoms with Crippen LogP contribution in [0.1, 0.15) is 23.2 Å². The molecule has 8 heteroatoms. The highest BCUT2D eigenvalue weighted by atomic mass is 19.1. The number of hydrogen-bond acceptors (Lipinski definition) is 5. The summed E-state index contributed by atoms with van der Waals surface area (Å²) in [5.74, 6) is -2.35. The van der Waals surface area contributed by atoms with Crippen LogP contribution in [0.2, 0.25) is 0 Å². The van der Waals surface area contributed by atoms with E-state index >= 15 is 0 Å². The Morgan fingerprint density at radius 1 is 1.42 bits per heavy atom. The minimum atomic E-state index is -0.992. The Morgan fingerprint density at radius 3 is 2.79 bits per heavy atom. The van der Waals surface area contributed by atoms with Crippen molar-refractivity contribution in [2.75, 3.05) is 13.6 Å². The molecule has 0 fully saturated rings. The van der Waals surface area contributed by atoms with Crippen LogP contribution in [-0.2, 0) is 11.4 Å². The summed E-state index contributed by atoms with van der Waals surface area (Å²) in [6.45, 7) is 1.46. The van der Waals surface area contributed by atoms with E-state index in [1.54, 1.807) is 12.1 Å². The van der Waals surface area contributed by atoms with Crippen LogP contribution >= 0.6 is 0 Å². The van der Waals surface area contributed by atoms with Gasteiger partial charge in [0, 0.05) is 19.7 Å². The normalized spacial score (nSPS) is 11.8. The van der Waals surface area contributed by atoms with E-state index in [-0.39, 0.29) is 30.4 Å². The molecular formula is C16H17FN2O5. The summed E-state index contributed by atoms with van der Waals surface area (Å²) in [6, 6.07) is 7.29. The van der Waals surface area contributed by atoms with E-state index in [2.05, 4.69) is 5.16 Å². The van der Waals surface area contributed by atoms with Gasteiger partial charge in [0.2, 0.25) is 0 Å². The number of ether oxygens (including phenoxy) is 1. The molecule has 0 radical (unpaired) electrons. The minimum Gasteiger partial charge on any atom is -0.482 e. The number of carbonyl (C=O) groups excluding carboxylic acids is 1. The number of carbonyl (C=O) groups is 2. The van der Waals surface area contributed by atoms with Crippen molar-refractivity contribution in [3.63, 3.8) is 0 Å². The maximum Gasteiger partial charge on any atom is 0.308 e. The van der Waals surface area contributed by atoms with Crippen molar-refractivity contribution < 1.29 is 28.3 Å². The van der Waals surface area contributed by atoms with Crippen molar-refractivity contribution in [2.45, 2.75) is 13.5 Å². The topological polar surface area (TPSA) is 92.9 Å². The van der Waals surface area contributed by atoms with Crippen LogP contribution in [0.25, 0.3) is 0 Å². The number of aliphatic carboxylic acids is 1. The Morgan fingerprint density at radius 2 is 2.12 bits per heavy atom. The smallest absolute Gasteiger partial charge is 0.308 e. The van der Waals surface area contributed by atoms with E-state index < -0.39 is 23.6 Å². The number of carboxylic acids is 1. The standard InChI is InChI=1S/C16H17FN2O5/c1-10(16(21)22)8-19(2)15(20)13-7-11(24-18-13)9-23-14-6-4-3-5-12(14)17/h3-7,10H,8-9H2,1-2H3,(H,21,22). The van der Waals surface area contributed by atoms with Crippen LogP contribution in [0.5, 0.6) is 5.75 Å². The highest BCUT2D eigenvalue weighted by Crippen LogP contribution is 2.17. The zero-order valence-electron chi connectivity index (χ0n) is 13.2. The SMILES string of the molecule is CC(CN(C)C(=O)c1cc(COc2ccccc2F)on1)C(=O)O. The second-order valence-corrected chi connectivity index (χ2v) is 5.32. The van der Waals surface area contributed by atoms with Crippen LogP contribution in [0.4, 0.5) is 4.39 Å². The van der Waals surface area contributed by atoms with E-state index in [0.717, 1.165) is 0 Å². The molecule has 2 rings (SSSR count). The number of carboxylic acid groups (broad SMARTS) is 1. The predicted molar refractivity (Wildman–Crippen MR) is 81.0 cm³/mol. The number of rotatable bonds is 7. The Labute approximate surface area is 137 Å². The molecule has 1 amide bonds. The number of nitrogens with zero attached hydrogens (tertiary/aromatic N) is 2. The average molecular weight is 336 g/mol. The molecule has 1 atom stereocenters. The molecule has 1 aromatic heterocycles. The van der Waals surface area contributed by atoms with E-state index in [1.807, 2.05) is 0 Å². The van der Waals surface area contributed by atoms with Gasteiger partial charge in [0.25, 0.3) is 5.91 Å². The summed E-state index contributed by atoms with van der Waals surface area (Å²) in [4.78, 5) is 24.2. The van der Waals surface area contributed by atoms with Crippen molar-refractivity contribution in [3.05, 3.63) is 47.6 Å². The number of benzene rings is 1. The monoisotopic (exact) mass is 336 g/mol. The summed E-state index contributed by atoms with van der Waals surface area (Å²) in [6.07, 6.45) is 0. The van der Waals surface area contributed by atoms with Gasteiger partial charge in [0.15, 0.2) is 23.0 Å². The third kappa shape index (κ3) is 4.31. The van der Waals surface area contributed by atoms with Gasteiger partial charge in [-0.15, -0.1) is 0 Å². The fraction of sp³-hybridized carbons (Fsp3) is 0.312. The van der Waals surface area contributed by atoms with Gasteiger partial charge in [0.05, 0.1) is 5.92 Å². The molecule has 24 heavy (non-hydrogen) atoms. The van der Waals surface area contributed by atoms with E-state index in [9.17, 15) is 14.0 Å². The van der Waals surface area contributed by atoms with Gasteiger partial charge in [-0.3, -0.25) is 9.59 Å². The lowest BCUT2D eigenvalue weighted by Gasteiger charge is -2.17. The quantitative estimate of drug-likeness (QED) is 0.833. The first kappa shape index (κ1) is 17.5. The zero-order valence-corrected chi connectivity index (χ0v) is 13.2. The van der Waals surface area contributed by atoms with Crippen LogP contribution in [-0.4, -0.2) is 40.6 Å². The Balaban J connectivity index is 1.96. The number of amides is 1. The predicted octanol–water partition coefficient (Wildman–Crippen LogP) is 2.19. The molecule has 7 nitrogen and oxygen atoms in total. The minimum absolute atomic E-state index is 0.0298. The lowest BCUT2D eigenvalue weighted by molar-refractivity contribution is -0.141. The van der Waals surface area contributed by atoms with Crippen LogP contribution in [0.15, 0.2) is 34.9 Å². The molecule has 1 heterocycles. The summed E-state index contributed by atoms with van der Waals surface area (Å²) in [5.41, 5.74) is 0.0298. The maximum atomic E-state index is 13.4. The number of halogens is 1. The first-order valence-corrected chi connectivity index (χ1v) is 7.19. The lowest BCUT2D eigenvalue weighted by atomic mass is 10.1. The van der Waals surface area contributed by atoms with Crippen molar-refractivity contribution in [3.8, 4) is 5.75 Å². The molecule has 0 spiro atoms. The largest absolute Gasteiger partial charge is 0.482 e. The third-order valence-corrected chi connectivity index (χ3v) is 3.30. The van der Waals surface area contributed by atoms with Crippen molar-refractivity contribution in [1.29, 1.82) is 0 Å². The van der Waals surface area contributed by atoms with Gasteiger partial charge in [-0.1, -0.05) is 24.2 Å². The van der Waals surface area contributed by atoms with Crippen molar-refractivity contribution >= 4 is 11.9 Å². The van der Waals surface area contributed by atoms with Crippen LogP contribution in [0, 0.1) is 11.7 Å². The molecule has 0 saturated carbocycles. The molecular weight excluding hydrogens is 319 g/mol. The molecule has 0 bridgehead atoms. The second kappa shape index (κ2) is 7.58. The van der Waals surface area contributed by atoms with Crippen molar-refractivity contribution in [2.24, 2.45) is 5.92 Å². The molecule has 2 aromatic rings. The van der Waals surface area contributed by atoms with Gasteiger partial charge in [-0.05, 0) is 12.1 Å². The maximum absolute atomic E-state index is 13.4. The Kier molecular flexibility index (Phi) is 5.51. The zero-order chi connectivity index (χ0) is 17.7. The average Bonchev–Trinajstić information content (AvgIpc) is 3.02. The van der Waals surface area contributed by atoms with Gasteiger partial charge in [0.1, 0.15) is 6.61 Å². The molecule has 0 saturated heterocycles. The molecule has 1 unspecified atom stereocenters. The highest BCUT2D eigenvalue weighted by Gasteiger charge is 2.21. The molecule has 1 N–H and O–H groups in total.